The number of benzene rings is 1. The molecular weight excluding hydrogens is 248 g/mol. The molecule has 0 aliphatic carbocycles. The number of hydrogen-bond donors (Lipinski definition) is 1. The molecule has 0 amide bonds. The van der Waals surface area contributed by atoms with Crippen LogP contribution >= 0.6 is 0 Å². The Bertz CT molecular complexity index is 516. The fourth-order valence-electron chi connectivity index (χ4n) is 1.51. The fourth-order valence-corrected chi connectivity index (χ4v) is 2.34. The smallest absolute Gasteiger partial charge is 0.200 e. The summed E-state index contributed by atoms with van der Waals surface area (Å²) in [5.74, 6) is 0.232. The van der Waals surface area contributed by atoms with Gasteiger partial charge in [-0.25, -0.2) is 4.83 Å². The number of hydrogen-bond acceptors (Lipinski definition) is 3. The molecule has 0 radical (unpaired) electrons. The van der Waals surface area contributed by atoms with Gasteiger partial charge in [-0.3, -0.25) is 0 Å². The molecule has 5 heteroatoms. The van der Waals surface area contributed by atoms with E-state index in [-0.39, 0.29) is 10.8 Å². The van der Waals surface area contributed by atoms with Crippen LogP contribution < -0.4 is 4.83 Å². The van der Waals surface area contributed by atoms with Gasteiger partial charge in [-0.2, -0.15) is 13.5 Å². The van der Waals surface area contributed by atoms with Crippen LogP contribution in [0.2, 0.25) is 0 Å². The number of hydrazone groups is 1. The van der Waals surface area contributed by atoms with Crippen molar-refractivity contribution >= 4 is 15.7 Å². The third kappa shape index (κ3) is 3.84. The predicted molar refractivity (Wildman–Crippen MR) is 74.1 cm³/mol. The van der Waals surface area contributed by atoms with E-state index in [4.69, 9.17) is 0 Å². The molecule has 0 saturated heterocycles. The molecule has 0 bridgehead atoms. The molecule has 4 nitrogen and oxygen atoms in total. The SMILES string of the molecule is CCC(=NNS(=O)(=O)c1ccc(C)cc1)C(C)C. The van der Waals surface area contributed by atoms with Crippen molar-refractivity contribution in [2.24, 2.45) is 11.0 Å². The molecule has 0 aliphatic rings. The van der Waals surface area contributed by atoms with E-state index in [1.54, 1.807) is 24.3 Å². The van der Waals surface area contributed by atoms with Crippen LogP contribution in [-0.4, -0.2) is 14.1 Å². The van der Waals surface area contributed by atoms with Crippen LogP contribution in [0.4, 0.5) is 0 Å². The van der Waals surface area contributed by atoms with Gasteiger partial charge in [-0.15, -0.1) is 0 Å². The van der Waals surface area contributed by atoms with Crippen LogP contribution in [0.1, 0.15) is 32.8 Å². The van der Waals surface area contributed by atoms with Gasteiger partial charge in [0, 0.05) is 5.71 Å². The molecule has 0 fully saturated rings. The van der Waals surface area contributed by atoms with Gasteiger partial charge >= 0.3 is 0 Å². The van der Waals surface area contributed by atoms with Crippen LogP contribution in [0.25, 0.3) is 0 Å². The summed E-state index contributed by atoms with van der Waals surface area (Å²) < 4.78 is 23.9. The molecule has 100 valence electrons. The van der Waals surface area contributed by atoms with E-state index in [0.717, 1.165) is 17.7 Å². The molecule has 0 spiro atoms. The van der Waals surface area contributed by atoms with Gasteiger partial charge in [-0.05, 0) is 31.4 Å². The first-order valence-electron chi connectivity index (χ1n) is 6.01. The highest BCUT2D eigenvalue weighted by atomic mass is 32.2. The summed E-state index contributed by atoms with van der Waals surface area (Å²) >= 11 is 0. The molecule has 0 atom stereocenters. The lowest BCUT2D eigenvalue weighted by Crippen LogP contribution is -2.21. The maximum atomic E-state index is 12.0. The van der Waals surface area contributed by atoms with E-state index < -0.39 is 10.0 Å². The minimum atomic E-state index is -3.55. The molecule has 0 saturated carbocycles. The van der Waals surface area contributed by atoms with Crippen LogP contribution in [0, 0.1) is 12.8 Å². The third-order valence-corrected chi connectivity index (χ3v) is 3.89. The Morgan fingerprint density at radius 1 is 1.28 bits per heavy atom. The molecule has 0 unspecified atom stereocenters. The highest BCUT2D eigenvalue weighted by Crippen LogP contribution is 2.10. The summed E-state index contributed by atoms with van der Waals surface area (Å²) in [4.78, 5) is 2.52. The van der Waals surface area contributed by atoms with Crippen molar-refractivity contribution in [2.45, 2.75) is 39.0 Å². The molecule has 1 rings (SSSR count). The van der Waals surface area contributed by atoms with E-state index in [9.17, 15) is 8.42 Å². The van der Waals surface area contributed by atoms with Gasteiger partial charge in [0.25, 0.3) is 10.0 Å². The Morgan fingerprint density at radius 3 is 2.28 bits per heavy atom. The zero-order valence-corrected chi connectivity index (χ0v) is 12.1. The van der Waals surface area contributed by atoms with Crippen molar-refractivity contribution in [3.05, 3.63) is 29.8 Å². The minimum Gasteiger partial charge on any atom is -0.200 e. The van der Waals surface area contributed by atoms with Gasteiger partial charge < -0.3 is 0 Å². The first-order chi connectivity index (χ1) is 8.36. The topological polar surface area (TPSA) is 58.5 Å². The highest BCUT2D eigenvalue weighted by Gasteiger charge is 2.13. The molecule has 0 heterocycles. The van der Waals surface area contributed by atoms with Gasteiger partial charge in [0.2, 0.25) is 0 Å². The van der Waals surface area contributed by atoms with Crippen molar-refractivity contribution in [3.8, 4) is 0 Å². The summed E-state index contributed by atoms with van der Waals surface area (Å²) in [7, 11) is -3.55. The first-order valence-corrected chi connectivity index (χ1v) is 7.50. The first kappa shape index (κ1) is 14.7. The summed E-state index contributed by atoms with van der Waals surface area (Å²) in [6.45, 7) is 7.85. The van der Waals surface area contributed by atoms with E-state index in [0.29, 0.717) is 0 Å². The monoisotopic (exact) mass is 268 g/mol. The Hall–Kier alpha value is -1.36. The summed E-state index contributed by atoms with van der Waals surface area (Å²) in [5, 5.41) is 3.99. The van der Waals surface area contributed by atoms with Gasteiger partial charge in [-0.1, -0.05) is 38.5 Å². The van der Waals surface area contributed by atoms with E-state index in [2.05, 4.69) is 9.93 Å². The predicted octanol–water partition coefficient (Wildman–Crippen LogP) is 2.70. The molecule has 1 aromatic rings. The zero-order valence-electron chi connectivity index (χ0n) is 11.3. The number of aryl methyl sites for hydroxylation is 1. The van der Waals surface area contributed by atoms with E-state index in [1.165, 1.54) is 0 Å². The lowest BCUT2D eigenvalue weighted by molar-refractivity contribution is 0.584. The Labute approximate surface area is 109 Å². The second-order valence-corrected chi connectivity index (χ2v) is 6.18. The molecule has 18 heavy (non-hydrogen) atoms. The molecule has 1 N–H and O–H groups in total. The minimum absolute atomic E-state index is 0.232. The quantitative estimate of drug-likeness (QED) is 0.659. The van der Waals surface area contributed by atoms with Crippen LogP contribution in [-0.2, 0) is 10.0 Å². The number of nitrogens with zero attached hydrogens (tertiary/aromatic N) is 1. The summed E-state index contributed by atoms with van der Waals surface area (Å²) in [6, 6.07) is 6.69. The normalized spacial score (nSPS) is 12.8. The second kappa shape index (κ2) is 6.00. The van der Waals surface area contributed by atoms with E-state index in [1.807, 2.05) is 27.7 Å². The Balaban J connectivity index is 2.92. The molecule has 0 aromatic heterocycles. The van der Waals surface area contributed by atoms with Gasteiger partial charge in [0.1, 0.15) is 0 Å². The van der Waals surface area contributed by atoms with Crippen molar-refractivity contribution in [1.29, 1.82) is 0 Å². The Morgan fingerprint density at radius 2 is 1.83 bits per heavy atom. The average Bonchev–Trinajstić information content (AvgIpc) is 2.29. The maximum Gasteiger partial charge on any atom is 0.276 e. The van der Waals surface area contributed by atoms with Gasteiger partial charge in [0.05, 0.1) is 4.90 Å². The lowest BCUT2D eigenvalue weighted by atomic mass is 10.1. The summed E-state index contributed by atoms with van der Waals surface area (Å²) in [6.07, 6.45) is 0.730. The van der Waals surface area contributed by atoms with Gasteiger partial charge in [0.15, 0.2) is 0 Å². The second-order valence-electron chi connectivity index (χ2n) is 4.52. The fraction of sp³-hybridized carbons (Fsp3) is 0.462. The molecule has 1 aromatic carbocycles. The van der Waals surface area contributed by atoms with Crippen LogP contribution in [0.15, 0.2) is 34.3 Å². The van der Waals surface area contributed by atoms with Crippen molar-refractivity contribution in [2.75, 3.05) is 0 Å². The van der Waals surface area contributed by atoms with Crippen molar-refractivity contribution in [1.82, 2.24) is 4.83 Å². The van der Waals surface area contributed by atoms with Crippen LogP contribution in [0.5, 0.6) is 0 Å². The van der Waals surface area contributed by atoms with Crippen LogP contribution in [0.3, 0.4) is 0 Å². The number of nitrogens with one attached hydrogen (secondary N) is 1. The molecule has 0 aliphatic heterocycles. The maximum absolute atomic E-state index is 12.0. The lowest BCUT2D eigenvalue weighted by Gasteiger charge is -2.09. The molecular formula is C13H20N2O2S. The average molecular weight is 268 g/mol. The Kier molecular flexibility index (Phi) is 4.90. The van der Waals surface area contributed by atoms with E-state index >= 15 is 0 Å². The summed E-state index contributed by atoms with van der Waals surface area (Å²) in [5.41, 5.74) is 1.86. The number of rotatable bonds is 5. The number of sulfonamides is 1. The zero-order chi connectivity index (χ0) is 13.8. The largest absolute Gasteiger partial charge is 0.276 e. The van der Waals surface area contributed by atoms with Crippen molar-refractivity contribution < 1.29 is 8.42 Å². The van der Waals surface area contributed by atoms with Crippen molar-refractivity contribution in [3.63, 3.8) is 0 Å². The standard InChI is InChI=1S/C13H20N2O2S/c1-5-13(10(2)3)14-15-18(16,17)12-8-6-11(4)7-9-12/h6-10,15H,5H2,1-4H3. The third-order valence-electron chi connectivity index (χ3n) is 2.67. The highest BCUT2D eigenvalue weighted by molar-refractivity contribution is 7.89.